The van der Waals surface area contributed by atoms with Crippen molar-refractivity contribution in [3.8, 4) is 0 Å². The van der Waals surface area contributed by atoms with Crippen molar-refractivity contribution >= 4 is 11.7 Å². The topological polar surface area (TPSA) is 64.6 Å². The molecule has 5 nitrogen and oxygen atoms in total. The second-order valence-corrected chi connectivity index (χ2v) is 7.67. The van der Waals surface area contributed by atoms with Gasteiger partial charge < -0.3 is 20.6 Å². The van der Waals surface area contributed by atoms with E-state index in [-0.39, 0.29) is 6.03 Å². The lowest BCUT2D eigenvalue weighted by molar-refractivity contribution is 0.203. The Morgan fingerprint density at radius 1 is 1.20 bits per heavy atom. The van der Waals surface area contributed by atoms with Crippen LogP contribution in [0.5, 0.6) is 0 Å². The van der Waals surface area contributed by atoms with Crippen molar-refractivity contribution in [1.82, 2.24) is 10.6 Å². The van der Waals surface area contributed by atoms with Gasteiger partial charge in [-0.1, -0.05) is 19.1 Å². The number of rotatable bonds is 7. The van der Waals surface area contributed by atoms with Gasteiger partial charge in [0.25, 0.3) is 0 Å². The summed E-state index contributed by atoms with van der Waals surface area (Å²) in [6.45, 7) is 5.85. The van der Waals surface area contributed by atoms with Gasteiger partial charge in [-0.25, -0.2) is 4.79 Å². The number of anilines is 1. The number of nitrogens with one attached hydrogen (secondary N) is 2. The molecule has 1 aliphatic heterocycles. The van der Waals surface area contributed by atoms with Crippen molar-refractivity contribution in [3.05, 3.63) is 29.8 Å². The average Bonchev–Trinajstić information content (AvgIpc) is 3.46. The molecule has 0 aromatic heterocycles. The summed E-state index contributed by atoms with van der Waals surface area (Å²) >= 11 is 0. The van der Waals surface area contributed by atoms with Crippen LogP contribution in [0.15, 0.2) is 24.3 Å². The smallest absolute Gasteiger partial charge is 0.315 e. The average molecular weight is 345 g/mol. The Balaban J connectivity index is 1.41. The van der Waals surface area contributed by atoms with Crippen LogP contribution in [-0.2, 0) is 6.54 Å². The van der Waals surface area contributed by atoms with Gasteiger partial charge in [0.1, 0.15) is 0 Å². The van der Waals surface area contributed by atoms with Crippen molar-refractivity contribution in [2.45, 2.75) is 45.6 Å². The van der Waals surface area contributed by atoms with Crippen molar-refractivity contribution in [3.63, 3.8) is 0 Å². The quantitative estimate of drug-likeness (QED) is 0.712. The molecule has 0 bridgehead atoms. The molecule has 2 aliphatic rings. The molecule has 0 unspecified atom stereocenters. The van der Waals surface area contributed by atoms with E-state index in [0.29, 0.717) is 24.5 Å². The summed E-state index contributed by atoms with van der Waals surface area (Å²) in [5.41, 5.74) is 2.71. The predicted molar refractivity (Wildman–Crippen MR) is 101 cm³/mol. The Hall–Kier alpha value is -1.75. The molecule has 1 aliphatic carbocycles. The second-order valence-electron chi connectivity index (χ2n) is 7.67. The highest BCUT2D eigenvalue weighted by molar-refractivity contribution is 5.73. The fourth-order valence-electron chi connectivity index (χ4n) is 3.54. The minimum Gasteiger partial charge on any atom is -0.396 e. The summed E-state index contributed by atoms with van der Waals surface area (Å²) in [4.78, 5) is 14.3. The van der Waals surface area contributed by atoms with Gasteiger partial charge in [-0.2, -0.15) is 0 Å². The fraction of sp³-hybridized carbons (Fsp3) is 0.650. The highest BCUT2D eigenvalue weighted by Gasteiger charge is 2.40. The summed E-state index contributed by atoms with van der Waals surface area (Å²) in [6.07, 6.45) is 5.73. The maximum atomic E-state index is 11.9. The second kappa shape index (κ2) is 8.09. The molecule has 25 heavy (non-hydrogen) atoms. The number of urea groups is 1. The van der Waals surface area contributed by atoms with Crippen LogP contribution in [0.2, 0.25) is 0 Å². The van der Waals surface area contributed by atoms with E-state index >= 15 is 0 Å². The first-order chi connectivity index (χ1) is 12.1. The molecule has 2 fully saturated rings. The van der Waals surface area contributed by atoms with E-state index in [1.165, 1.54) is 18.5 Å². The minimum absolute atomic E-state index is 0.0742. The normalized spacial score (nSPS) is 19.5. The summed E-state index contributed by atoms with van der Waals surface area (Å²) in [5.74, 6) is 0.459. The molecule has 5 heteroatoms. The third kappa shape index (κ3) is 4.88. The first-order valence-corrected chi connectivity index (χ1v) is 9.60. The number of benzene rings is 1. The highest BCUT2D eigenvalue weighted by atomic mass is 16.3. The molecule has 1 saturated heterocycles. The molecule has 1 saturated carbocycles. The van der Waals surface area contributed by atoms with Gasteiger partial charge >= 0.3 is 6.03 Å². The van der Waals surface area contributed by atoms with Gasteiger partial charge in [0.05, 0.1) is 0 Å². The zero-order valence-corrected chi connectivity index (χ0v) is 15.3. The first kappa shape index (κ1) is 18.1. The molecule has 138 valence electrons. The molecule has 1 aromatic rings. The van der Waals surface area contributed by atoms with Crippen molar-refractivity contribution in [2.75, 3.05) is 31.1 Å². The van der Waals surface area contributed by atoms with Gasteiger partial charge in [-0.3, -0.25) is 0 Å². The lowest BCUT2D eigenvalue weighted by Crippen LogP contribution is -2.38. The van der Waals surface area contributed by atoms with E-state index in [1.807, 2.05) is 0 Å². The van der Waals surface area contributed by atoms with Gasteiger partial charge in [-0.15, -0.1) is 0 Å². The predicted octanol–water partition coefficient (Wildman–Crippen LogP) is 2.88. The van der Waals surface area contributed by atoms with Crippen LogP contribution in [0.4, 0.5) is 10.5 Å². The third-order valence-electron chi connectivity index (χ3n) is 5.96. The summed E-state index contributed by atoms with van der Waals surface area (Å²) in [5, 5.41) is 15.2. The van der Waals surface area contributed by atoms with E-state index in [9.17, 15) is 9.90 Å². The number of carbonyl (C=O) groups is 1. The van der Waals surface area contributed by atoms with E-state index in [1.54, 1.807) is 0 Å². The van der Waals surface area contributed by atoms with Crippen LogP contribution >= 0.6 is 0 Å². The summed E-state index contributed by atoms with van der Waals surface area (Å²) in [6, 6.07) is 8.36. The third-order valence-corrected chi connectivity index (χ3v) is 5.96. The lowest BCUT2D eigenvalue weighted by Gasteiger charge is -2.33. The molecule has 1 heterocycles. The van der Waals surface area contributed by atoms with Crippen LogP contribution < -0.4 is 15.5 Å². The Morgan fingerprint density at radius 2 is 1.88 bits per heavy atom. The van der Waals surface area contributed by atoms with Gasteiger partial charge in [0, 0.05) is 38.5 Å². The number of nitrogens with zero attached hydrogens (tertiary/aromatic N) is 1. The number of amides is 2. The van der Waals surface area contributed by atoms with Crippen LogP contribution in [0, 0.1) is 11.3 Å². The van der Waals surface area contributed by atoms with Crippen molar-refractivity contribution in [1.29, 1.82) is 0 Å². The number of hydrogen-bond acceptors (Lipinski definition) is 3. The maximum absolute atomic E-state index is 11.9. The van der Waals surface area contributed by atoms with Crippen molar-refractivity contribution < 1.29 is 9.90 Å². The molecule has 0 atom stereocenters. The van der Waals surface area contributed by atoms with E-state index in [2.05, 4.69) is 46.7 Å². The maximum Gasteiger partial charge on any atom is 0.315 e. The van der Waals surface area contributed by atoms with Crippen LogP contribution in [-0.4, -0.2) is 37.4 Å². The van der Waals surface area contributed by atoms with Gasteiger partial charge in [0.2, 0.25) is 0 Å². The molecule has 0 spiro atoms. The number of hydrogen-bond donors (Lipinski definition) is 3. The lowest BCUT2D eigenvalue weighted by atomic mass is 9.97. The molecule has 1 aromatic carbocycles. The summed E-state index contributed by atoms with van der Waals surface area (Å²) in [7, 11) is 0. The molecular formula is C20H31N3O2. The molecule has 0 radical (unpaired) electrons. The Bertz CT molecular complexity index is 561. The van der Waals surface area contributed by atoms with E-state index in [4.69, 9.17) is 0 Å². The number of aliphatic hydroxyl groups excluding tert-OH is 1. The number of piperidine rings is 1. The van der Waals surface area contributed by atoms with E-state index in [0.717, 1.165) is 44.5 Å². The highest BCUT2D eigenvalue weighted by Crippen LogP contribution is 2.47. The van der Waals surface area contributed by atoms with Crippen LogP contribution in [0.25, 0.3) is 0 Å². The fourth-order valence-corrected chi connectivity index (χ4v) is 3.54. The van der Waals surface area contributed by atoms with Gasteiger partial charge in [0.15, 0.2) is 0 Å². The van der Waals surface area contributed by atoms with E-state index < -0.39 is 0 Å². The molecular weight excluding hydrogens is 314 g/mol. The monoisotopic (exact) mass is 345 g/mol. The largest absolute Gasteiger partial charge is 0.396 e. The first-order valence-electron chi connectivity index (χ1n) is 9.60. The zero-order chi connectivity index (χ0) is 17.7. The Labute approximate surface area is 150 Å². The standard InChI is InChI=1S/C20H31N3O2/c1-2-20(9-10-20)15-22-19(25)21-13-16-3-5-18(6-4-16)23-11-7-17(14-24)8-12-23/h3-6,17,24H,2,7-15H2,1H3,(H2,21,22,25). The molecule has 3 rings (SSSR count). The number of carbonyl (C=O) groups excluding carboxylic acids is 1. The minimum atomic E-state index is -0.0742. The SMILES string of the molecule is CCC1(CNC(=O)NCc2ccc(N3CCC(CO)CC3)cc2)CC1. The number of aliphatic hydroxyl groups is 1. The summed E-state index contributed by atoms with van der Waals surface area (Å²) < 4.78 is 0. The molecule has 2 amide bonds. The molecule has 3 N–H and O–H groups in total. The van der Waals surface area contributed by atoms with Crippen LogP contribution in [0.3, 0.4) is 0 Å². The Kier molecular flexibility index (Phi) is 5.84. The Morgan fingerprint density at radius 3 is 2.44 bits per heavy atom. The van der Waals surface area contributed by atoms with Gasteiger partial charge in [-0.05, 0) is 61.1 Å². The van der Waals surface area contributed by atoms with Crippen LogP contribution in [0.1, 0.15) is 44.6 Å². The zero-order valence-electron chi connectivity index (χ0n) is 15.3. The van der Waals surface area contributed by atoms with Crippen molar-refractivity contribution in [2.24, 2.45) is 11.3 Å².